The van der Waals surface area contributed by atoms with Crippen LogP contribution in [-0.4, -0.2) is 23.2 Å². The second-order valence-electron chi connectivity index (χ2n) is 5.64. The molecule has 0 spiro atoms. The fourth-order valence-electron chi connectivity index (χ4n) is 2.63. The predicted molar refractivity (Wildman–Crippen MR) is 106 cm³/mol. The summed E-state index contributed by atoms with van der Waals surface area (Å²) in [7, 11) is 1.62. The molecule has 1 aromatic heterocycles. The molecule has 1 aliphatic heterocycles. The lowest BCUT2D eigenvalue weighted by Gasteiger charge is -2.03. The van der Waals surface area contributed by atoms with Crippen LogP contribution in [0.2, 0.25) is 0 Å². The normalized spacial score (nSPS) is 17.0. The second kappa shape index (κ2) is 7.01. The molecule has 2 heterocycles. The zero-order chi connectivity index (χ0) is 17.9. The van der Waals surface area contributed by atoms with Crippen molar-refractivity contribution >= 4 is 45.5 Å². The number of hydrogen-bond acceptors (Lipinski definition) is 5. The van der Waals surface area contributed by atoms with Gasteiger partial charge in [0.05, 0.1) is 23.2 Å². The largest absolute Gasteiger partial charge is 0.497 e. The number of aliphatic imine (C=N–C) groups is 1. The minimum atomic E-state index is -0.133. The maximum Gasteiger partial charge on any atom is 0.289 e. The molecule has 0 radical (unpaired) electrons. The summed E-state index contributed by atoms with van der Waals surface area (Å²) in [6.07, 6.45) is 3.73. The third-order valence-corrected chi connectivity index (χ3v) is 4.71. The van der Waals surface area contributed by atoms with Gasteiger partial charge in [0.1, 0.15) is 11.6 Å². The van der Waals surface area contributed by atoms with Crippen molar-refractivity contribution in [3.8, 4) is 5.75 Å². The predicted octanol–water partition coefficient (Wildman–Crippen LogP) is 4.77. The number of amidine groups is 1. The monoisotopic (exact) mass is 361 g/mol. The highest BCUT2D eigenvalue weighted by molar-refractivity contribution is 8.18. The van der Waals surface area contributed by atoms with Crippen LogP contribution in [0.1, 0.15) is 5.56 Å². The minimum Gasteiger partial charge on any atom is -0.497 e. The van der Waals surface area contributed by atoms with Crippen LogP contribution >= 0.6 is 11.8 Å². The van der Waals surface area contributed by atoms with E-state index in [1.807, 2.05) is 60.7 Å². The number of rotatable bonds is 3. The van der Waals surface area contributed by atoms with Gasteiger partial charge in [0.2, 0.25) is 0 Å². The van der Waals surface area contributed by atoms with E-state index in [1.54, 1.807) is 13.3 Å². The number of carbonyl (C=O) groups is 1. The minimum absolute atomic E-state index is 0.133. The number of carbonyl (C=O) groups excluding carboxylic acids is 1. The third kappa shape index (κ3) is 3.45. The van der Waals surface area contributed by atoms with Crippen LogP contribution < -0.4 is 10.1 Å². The van der Waals surface area contributed by atoms with Gasteiger partial charge in [-0.15, -0.1) is 0 Å². The number of pyridine rings is 1. The first-order valence-electron chi connectivity index (χ1n) is 8.00. The summed E-state index contributed by atoms with van der Waals surface area (Å²) in [5.41, 5.74) is 2.68. The lowest BCUT2D eigenvalue weighted by molar-refractivity contribution is 0.265. The van der Waals surface area contributed by atoms with Gasteiger partial charge in [-0.2, -0.15) is 0 Å². The van der Waals surface area contributed by atoms with Crippen molar-refractivity contribution in [3.63, 3.8) is 0 Å². The zero-order valence-electron chi connectivity index (χ0n) is 14.0. The van der Waals surface area contributed by atoms with Crippen molar-refractivity contribution in [2.24, 2.45) is 4.99 Å². The summed E-state index contributed by atoms with van der Waals surface area (Å²) < 4.78 is 5.15. The number of methoxy groups -OCH3 is 1. The van der Waals surface area contributed by atoms with Gasteiger partial charge in [-0.3, -0.25) is 9.78 Å². The van der Waals surface area contributed by atoms with E-state index in [-0.39, 0.29) is 5.24 Å². The number of nitrogens with zero attached hydrogens (tertiary/aromatic N) is 2. The molecule has 3 aromatic rings. The van der Waals surface area contributed by atoms with E-state index in [0.717, 1.165) is 44.6 Å². The van der Waals surface area contributed by atoms with Crippen LogP contribution in [-0.2, 0) is 0 Å². The van der Waals surface area contributed by atoms with Gasteiger partial charge in [0, 0.05) is 11.6 Å². The Morgan fingerprint density at radius 2 is 2.00 bits per heavy atom. The summed E-state index contributed by atoms with van der Waals surface area (Å²) >= 11 is 1.14. The van der Waals surface area contributed by atoms with Gasteiger partial charge in [-0.1, -0.05) is 12.1 Å². The number of aromatic nitrogens is 1. The zero-order valence-corrected chi connectivity index (χ0v) is 14.8. The molecule has 1 saturated heterocycles. The Labute approximate surface area is 154 Å². The molecule has 0 bridgehead atoms. The van der Waals surface area contributed by atoms with E-state index in [1.165, 1.54) is 0 Å². The van der Waals surface area contributed by atoms with Crippen molar-refractivity contribution in [2.45, 2.75) is 0 Å². The molecular formula is C20H15N3O2S. The molecule has 6 heteroatoms. The molecule has 0 saturated carbocycles. The van der Waals surface area contributed by atoms with E-state index >= 15 is 0 Å². The lowest BCUT2D eigenvalue weighted by atomic mass is 10.1. The Kier molecular flexibility index (Phi) is 4.41. The van der Waals surface area contributed by atoms with E-state index in [0.29, 0.717) is 5.84 Å². The number of nitrogens with one attached hydrogen (secondary N) is 1. The maximum atomic E-state index is 11.9. The van der Waals surface area contributed by atoms with Crippen LogP contribution in [0.25, 0.3) is 17.0 Å². The number of hydrogen-bond donors (Lipinski definition) is 1. The molecule has 1 aliphatic rings. The number of amides is 1. The van der Waals surface area contributed by atoms with Crippen molar-refractivity contribution in [1.82, 2.24) is 10.3 Å². The van der Waals surface area contributed by atoms with Gasteiger partial charge in [-0.25, -0.2) is 4.99 Å². The first-order chi connectivity index (χ1) is 12.7. The first kappa shape index (κ1) is 16.4. The van der Waals surface area contributed by atoms with Crippen LogP contribution in [0.5, 0.6) is 5.75 Å². The van der Waals surface area contributed by atoms with Crippen LogP contribution in [0.15, 0.2) is 70.7 Å². The Balaban J connectivity index is 1.68. The molecule has 0 atom stereocenters. The molecule has 0 aliphatic carbocycles. The summed E-state index contributed by atoms with van der Waals surface area (Å²) in [6, 6.07) is 17.3. The smallest absolute Gasteiger partial charge is 0.289 e. The molecule has 4 rings (SSSR count). The number of fused-ring (bicyclic) bond motifs is 1. The molecule has 0 unspecified atom stereocenters. The van der Waals surface area contributed by atoms with E-state index in [2.05, 4.69) is 15.3 Å². The fraction of sp³-hybridized carbons (Fsp3) is 0.0500. The van der Waals surface area contributed by atoms with E-state index < -0.39 is 0 Å². The number of ether oxygens (including phenoxy) is 1. The SMILES string of the molecule is COc1ccc(N=C2NC(=O)S/C2=C\c2ccc3ncccc3c2)cc1. The highest BCUT2D eigenvalue weighted by Gasteiger charge is 2.23. The van der Waals surface area contributed by atoms with Crippen molar-refractivity contribution in [3.05, 3.63) is 71.3 Å². The van der Waals surface area contributed by atoms with Crippen LogP contribution in [0.4, 0.5) is 10.5 Å². The standard InChI is InChI=1S/C20H15N3O2S/c1-25-16-7-5-15(6-8-16)22-19-18(26-20(24)23-19)12-13-4-9-17-14(11-13)3-2-10-21-17/h2-12H,1H3,(H,22,23,24)/b18-12-. The Morgan fingerprint density at radius 3 is 2.81 bits per heavy atom. The highest BCUT2D eigenvalue weighted by atomic mass is 32.2. The summed E-state index contributed by atoms with van der Waals surface area (Å²) in [5, 5.41) is 3.72. The molecule has 26 heavy (non-hydrogen) atoms. The molecular weight excluding hydrogens is 346 g/mol. The van der Waals surface area contributed by atoms with Gasteiger partial charge in [0.25, 0.3) is 5.24 Å². The second-order valence-corrected chi connectivity index (χ2v) is 6.65. The highest BCUT2D eigenvalue weighted by Crippen LogP contribution is 2.29. The topological polar surface area (TPSA) is 63.6 Å². The number of thioether (sulfide) groups is 1. The first-order valence-corrected chi connectivity index (χ1v) is 8.81. The van der Waals surface area contributed by atoms with Crippen molar-refractivity contribution in [2.75, 3.05) is 7.11 Å². The molecule has 1 fully saturated rings. The Bertz CT molecular complexity index is 1040. The fourth-order valence-corrected chi connectivity index (χ4v) is 3.37. The molecule has 1 N–H and O–H groups in total. The Hall–Kier alpha value is -3.12. The lowest BCUT2D eigenvalue weighted by Crippen LogP contribution is -2.18. The van der Waals surface area contributed by atoms with Gasteiger partial charge < -0.3 is 10.1 Å². The van der Waals surface area contributed by atoms with Crippen LogP contribution in [0, 0.1) is 0 Å². The van der Waals surface area contributed by atoms with Gasteiger partial charge in [-0.05, 0) is 65.9 Å². The van der Waals surface area contributed by atoms with Gasteiger partial charge >= 0.3 is 0 Å². The summed E-state index contributed by atoms with van der Waals surface area (Å²) in [5.74, 6) is 1.32. The summed E-state index contributed by atoms with van der Waals surface area (Å²) in [4.78, 5) is 21.5. The maximum absolute atomic E-state index is 11.9. The van der Waals surface area contributed by atoms with E-state index in [9.17, 15) is 4.79 Å². The van der Waals surface area contributed by atoms with Crippen LogP contribution in [0.3, 0.4) is 0 Å². The van der Waals surface area contributed by atoms with Crippen molar-refractivity contribution in [1.29, 1.82) is 0 Å². The molecule has 2 aromatic carbocycles. The van der Waals surface area contributed by atoms with E-state index in [4.69, 9.17) is 4.74 Å². The third-order valence-electron chi connectivity index (χ3n) is 3.89. The van der Waals surface area contributed by atoms with Gasteiger partial charge in [0.15, 0.2) is 0 Å². The quantitative estimate of drug-likeness (QED) is 0.730. The molecule has 5 nitrogen and oxygen atoms in total. The molecule has 1 amide bonds. The number of benzene rings is 2. The average Bonchev–Trinajstić information content (AvgIpc) is 3.01. The van der Waals surface area contributed by atoms with Crippen molar-refractivity contribution < 1.29 is 9.53 Å². The molecule has 128 valence electrons. The average molecular weight is 361 g/mol. The summed E-state index contributed by atoms with van der Waals surface area (Å²) in [6.45, 7) is 0. The Morgan fingerprint density at radius 1 is 1.15 bits per heavy atom.